The number of fused-ring (bicyclic) bond motifs is 1. The van der Waals surface area contributed by atoms with E-state index in [2.05, 4.69) is 27.1 Å². The van der Waals surface area contributed by atoms with Crippen molar-refractivity contribution in [2.24, 2.45) is 5.73 Å². The fraction of sp³-hybridized carbons (Fsp3) is 0.400. The molecule has 12 heteroatoms. The molecule has 0 radical (unpaired) electrons. The van der Waals surface area contributed by atoms with Gasteiger partial charge in [0.25, 0.3) is 11.8 Å². The number of hydrogen-bond acceptors (Lipinski definition) is 7. The van der Waals surface area contributed by atoms with Crippen molar-refractivity contribution in [3.8, 4) is 0 Å². The van der Waals surface area contributed by atoms with Crippen molar-refractivity contribution < 1.29 is 19.5 Å². The number of piperidine rings is 1. The van der Waals surface area contributed by atoms with Crippen molar-refractivity contribution in [3.63, 3.8) is 0 Å². The highest BCUT2D eigenvalue weighted by atomic mass is 35.5. The Morgan fingerprint density at radius 1 is 1.24 bits per heavy atom. The van der Waals surface area contributed by atoms with Gasteiger partial charge in [-0.05, 0) is 37.7 Å². The van der Waals surface area contributed by atoms with Gasteiger partial charge in [-0.1, -0.05) is 29.9 Å². The van der Waals surface area contributed by atoms with Crippen molar-refractivity contribution in [2.75, 3.05) is 39.8 Å². The van der Waals surface area contributed by atoms with Gasteiger partial charge in [0.1, 0.15) is 5.69 Å². The van der Waals surface area contributed by atoms with E-state index in [0.29, 0.717) is 35.1 Å². The second-order valence-electron chi connectivity index (χ2n) is 9.45. The maximum absolute atomic E-state index is 13.1. The summed E-state index contributed by atoms with van der Waals surface area (Å²) in [5.74, 6) is -1.65. The van der Waals surface area contributed by atoms with Gasteiger partial charge in [0.2, 0.25) is 0 Å². The lowest BCUT2D eigenvalue weighted by molar-refractivity contribution is -0.138. The molecule has 2 aromatic rings. The lowest BCUT2D eigenvalue weighted by Gasteiger charge is -2.38. The van der Waals surface area contributed by atoms with Crippen LogP contribution in [-0.2, 0) is 9.59 Å². The van der Waals surface area contributed by atoms with E-state index in [1.165, 1.54) is 11.8 Å². The summed E-state index contributed by atoms with van der Waals surface area (Å²) < 4.78 is 0. The quantitative estimate of drug-likeness (QED) is 0.316. The zero-order valence-corrected chi connectivity index (χ0v) is 22.1. The zero-order valence-electron chi connectivity index (χ0n) is 20.6. The maximum Gasteiger partial charge on any atom is 0.317 e. The van der Waals surface area contributed by atoms with E-state index in [4.69, 9.17) is 17.3 Å². The number of rotatable bonds is 8. The average molecular weight is 547 g/mol. The summed E-state index contributed by atoms with van der Waals surface area (Å²) in [6.07, 6.45) is 1.20. The monoisotopic (exact) mass is 546 g/mol. The standard InChI is InChI=1S/C25H31ClN6O4S/c1-14(37-22-12-31(2)7-5-17(22)27)24(35)30-21-11-32(13-23(33)34)8-6-19(21)29-25(36)20-10-15-9-16(26)3-4-18(15)28-20/h3-4,9-10,19,21,28H,1,5-8,11-13,27H2,2H3,(H,29,36)(H,30,35)(H,33,34)/t19-,21+/m0/s1. The van der Waals surface area contributed by atoms with E-state index in [0.717, 1.165) is 34.5 Å². The van der Waals surface area contributed by atoms with Gasteiger partial charge in [0.05, 0.1) is 23.5 Å². The largest absolute Gasteiger partial charge is 0.480 e. The molecule has 1 saturated heterocycles. The third-order valence-electron chi connectivity index (χ3n) is 6.55. The Kier molecular flexibility index (Phi) is 8.48. The summed E-state index contributed by atoms with van der Waals surface area (Å²) >= 11 is 7.31. The SMILES string of the molecule is C=C(SC1=C(N)CCN(C)C1)C(=O)N[C@@H]1CN(CC(=O)O)CC[C@@H]1NC(=O)c1cc2cc(Cl)ccc2[nH]1. The molecule has 2 aliphatic heterocycles. The first-order valence-corrected chi connectivity index (χ1v) is 13.2. The van der Waals surface area contributed by atoms with Crippen LogP contribution < -0.4 is 16.4 Å². The van der Waals surface area contributed by atoms with Crippen molar-refractivity contribution in [1.82, 2.24) is 25.4 Å². The molecule has 4 rings (SSSR count). The number of carbonyl (C=O) groups excluding carboxylic acids is 2. The van der Waals surface area contributed by atoms with Gasteiger partial charge in [-0.15, -0.1) is 0 Å². The third-order valence-corrected chi connectivity index (χ3v) is 7.85. The number of likely N-dealkylation sites (N-methyl/N-ethyl adjacent to an activating group) is 1. The number of amides is 2. The fourth-order valence-electron chi connectivity index (χ4n) is 4.56. The number of thioether (sulfide) groups is 1. The smallest absolute Gasteiger partial charge is 0.317 e. The summed E-state index contributed by atoms with van der Waals surface area (Å²) in [4.78, 5) is 45.6. The van der Waals surface area contributed by atoms with Gasteiger partial charge < -0.3 is 31.4 Å². The van der Waals surface area contributed by atoms with Crippen LogP contribution in [0.3, 0.4) is 0 Å². The molecule has 198 valence electrons. The van der Waals surface area contributed by atoms with Gasteiger partial charge in [0, 0.05) is 59.1 Å². The normalized spacial score (nSPS) is 21.1. The molecule has 2 amide bonds. The first kappa shape index (κ1) is 27.1. The van der Waals surface area contributed by atoms with Crippen LogP contribution in [0.1, 0.15) is 23.3 Å². The number of benzene rings is 1. The molecular formula is C25H31ClN6O4S. The number of aliphatic carboxylic acids is 1. The molecule has 0 bridgehead atoms. The van der Waals surface area contributed by atoms with Crippen LogP contribution in [-0.4, -0.2) is 89.5 Å². The summed E-state index contributed by atoms with van der Waals surface area (Å²) in [5, 5.41) is 16.6. The minimum Gasteiger partial charge on any atom is -0.480 e. The molecule has 1 fully saturated rings. The number of H-pyrrole nitrogens is 1. The number of aromatic amines is 1. The zero-order chi connectivity index (χ0) is 26.7. The first-order chi connectivity index (χ1) is 17.6. The minimum atomic E-state index is -0.951. The lowest BCUT2D eigenvalue weighted by Crippen LogP contribution is -2.61. The molecule has 0 aliphatic carbocycles. The first-order valence-electron chi connectivity index (χ1n) is 12.0. The van der Waals surface area contributed by atoms with Gasteiger partial charge >= 0.3 is 5.97 Å². The molecule has 6 N–H and O–H groups in total. The number of carbonyl (C=O) groups is 3. The predicted molar refractivity (Wildman–Crippen MR) is 145 cm³/mol. The van der Waals surface area contributed by atoms with Crippen molar-refractivity contribution in [3.05, 3.63) is 57.1 Å². The highest BCUT2D eigenvalue weighted by Crippen LogP contribution is 2.30. The van der Waals surface area contributed by atoms with Crippen LogP contribution in [0, 0.1) is 0 Å². The van der Waals surface area contributed by atoms with Crippen molar-refractivity contribution >= 4 is 52.0 Å². The predicted octanol–water partition coefficient (Wildman–Crippen LogP) is 1.95. The Morgan fingerprint density at radius 2 is 2.03 bits per heavy atom. The van der Waals surface area contributed by atoms with Crippen molar-refractivity contribution in [2.45, 2.75) is 24.9 Å². The number of carboxylic acids is 1. The Hall–Kier alpha value is -2.99. The van der Waals surface area contributed by atoms with Crippen LogP contribution in [0.5, 0.6) is 0 Å². The van der Waals surface area contributed by atoms with E-state index >= 15 is 0 Å². The number of halogens is 1. The molecule has 10 nitrogen and oxygen atoms in total. The number of nitrogens with one attached hydrogen (secondary N) is 3. The second kappa shape index (κ2) is 11.6. The lowest BCUT2D eigenvalue weighted by atomic mass is 9.98. The molecule has 0 saturated carbocycles. The Balaban J connectivity index is 1.45. The molecule has 37 heavy (non-hydrogen) atoms. The number of aromatic nitrogens is 1. The van der Waals surface area contributed by atoms with Gasteiger partial charge in [-0.25, -0.2) is 0 Å². The highest BCUT2D eigenvalue weighted by molar-refractivity contribution is 8.07. The second-order valence-corrected chi connectivity index (χ2v) is 11.1. The van der Waals surface area contributed by atoms with Crippen LogP contribution >= 0.6 is 23.4 Å². The summed E-state index contributed by atoms with van der Waals surface area (Å²) in [6, 6.07) is 6.12. The van der Waals surface area contributed by atoms with Gasteiger partial charge in [0.15, 0.2) is 0 Å². The average Bonchev–Trinajstić information content (AvgIpc) is 3.26. The molecule has 1 aromatic carbocycles. The molecule has 2 aliphatic rings. The summed E-state index contributed by atoms with van der Waals surface area (Å²) in [5.41, 5.74) is 8.06. The summed E-state index contributed by atoms with van der Waals surface area (Å²) in [7, 11) is 1.99. The van der Waals surface area contributed by atoms with Gasteiger partial charge in [-0.3, -0.25) is 19.3 Å². The van der Waals surface area contributed by atoms with E-state index in [1.807, 2.05) is 7.05 Å². The topological polar surface area (TPSA) is 144 Å². The van der Waals surface area contributed by atoms with Crippen LogP contribution in [0.2, 0.25) is 5.02 Å². The number of likely N-dealkylation sites (tertiary alicyclic amines) is 1. The summed E-state index contributed by atoms with van der Waals surface area (Å²) in [6.45, 7) is 6.04. The number of carboxylic acid groups (broad SMARTS) is 1. The maximum atomic E-state index is 13.1. The molecule has 1 aromatic heterocycles. The van der Waals surface area contributed by atoms with Crippen LogP contribution in [0.25, 0.3) is 10.9 Å². The highest BCUT2D eigenvalue weighted by Gasteiger charge is 2.33. The van der Waals surface area contributed by atoms with E-state index in [1.54, 1.807) is 29.2 Å². The van der Waals surface area contributed by atoms with E-state index in [9.17, 15) is 19.5 Å². The Labute approximate surface area is 224 Å². The number of hydrogen-bond donors (Lipinski definition) is 5. The third kappa shape index (κ3) is 6.86. The Morgan fingerprint density at radius 3 is 2.78 bits per heavy atom. The fourth-order valence-corrected chi connectivity index (χ4v) is 5.71. The van der Waals surface area contributed by atoms with Crippen LogP contribution in [0.15, 0.2) is 46.4 Å². The van der Waals surface area contributed by atoms with E-state index in [-0.39, 0.29) is 24.9 Å². The Bertz CT molecular complexity index is 1260. The van der Waals surface area contributed by atoms with Gasteiger partial charge in [-0.2, -0.15) is 0 Å². The molecule has 0 spiro atoms. The number of nitrogens with zero attached hydrogens (tertiary/aromatic N) is 2. The van der Waals surface area contributed by atoms with Crippen LogP contribution in [0.4, 0.5) is 0 Å². The molecule has 0 unspecified atom stereocenters. The minimum absolute atomic E-state index is 0.152. The number of nitrogens with two attached hydrogens (primary N) is 1. The van der Waals surface area contributed by atoms with E-state index < -0.39 is 18.1 Å². The molecule has 3 heterocycles. The molecular weight excluding hydrogens is 516 g/mol. The molecule has 2 atom stereocenters. The van der Waals surface area contributed by atoms with Crippen molar-refractivity contribution in [1.29, 1.82) is 0 Å².